The summed E-state index contributed by atoms with van der Waals surface area (Å²) in [6.07, 6.45) is 5.63. The van der Waals surface area contributed by atoms with Gasteiger partial charge >= 0.3 is 0 Å². The molecule has 0 spiro atoms. The van der Waals surface area contributed by atoms with E-state index in [9.17, 15) is 9.59 Å². The van der Waals surface area contributed by atoms with E-state index in [2.05, 4.69) is 48.3 Å². The number of carbonyl (C=O) groups excluding carboxylic acids is 2. The summed E-state index contributed by atoms with van der Waals surface area (Å²) in [4.78, 5) is 27.2. The first-order chi connectivity index (χ1) is 12.5. The van der Waals surface area contributed by atoms with Gasteiger partial charge in [-0.3, -0.25) is 9.59 Å². The van der Waals surface area contributed by atoms with Gasteiger partial charge in [-0.1, -0.05) is 36.8 Å². The van der Waals surface area contributed by atoms with E-state index in [1.165, 1.54) is 5.56 Å². The van der Waals surface area contributed by atoms with Crippen LogP contribution in [0.2, 0.25) is 0 Å². The molecule has 0 unspecified atom stereocenters. The minimum absolute atomic E-state index is 0.0610. The number of amides is 2. The average molecular weight is 357 g/mol. The molecule has 1 aliphatic heterocycles. The van der Waals surface area contributed by atoms with Gasteiger partial charge in [-0.25, -0.2) is 0 Å². The Morgan fingerprint density at radius 1 is 0.962 bits per heavy atom. The van der Waals surface area contributed by atoms with Gasteiger partial charge in [0.05, 0.1) is 0 Å². The molecule has 0 bridgehead atoms. The molecule has 2 fully saturated rings. The van der Waals surface area contributed by atoms with Crippen LogP contribution >= 0.6 is 0 Å². The number of hydrogen-bond acceptors (Lipinski definition) is 2. The highest BCUT2D eigenvalue weighted by Gasteiger charge is 2.33. The lowest BCUT2D eigenvalue weighted by atomic mass is 9.80. The van der Waals surface area contributed by atoms with Crippen molar-refractivity contribution >= 4 is 11.8 Å². The fourth-order valence-corrected chi connectivity index (χ4v) is 4.13. The monoisotopic (exact) mass is 356 g/mol. The van der Waals surface area contributed by atoms with Crippen molar-refractivity contribution in [3.05, 3.63) is 35.4 Å². The number of rotatable bonds is 4. The molecule has 1 heterocycles. The number of nitrogens with zero attached hydrogens (tertiary/aromatic N) is 1. The maximum Gasteiger partial charge on any atom is 0.225 e. The van der Waals surface area contributed by atoms with Crippen LogP contribution < -0.4 is 5.32 Å². The molecule has 4 nitrogen and oxygen atoms in total. The second kappa shape index (κ2) is 8.70. The molecule has 2 amide bonds. The molecule has 1 N–H and O–H groups in total. The van der Waals surface area contributed by atoms with Gasteiger partial charge in [0.2, 0.25) is 11.8 Å². The molecule has 142 valence electrons. The van der Waals surface area contributed by atoms with Crippen molar-refractivity contribution in [1.29, 1.82) is 0 Å². The highest BCUT2D eigenvalue weighted by Crippen LogP contribution is 2.31. The van der Waals surface area contributed by atoms with Gasteiger partial charge < -0.3 is 10.2 Å². The summed E-state index contributed by atoms with van der Waals surface area (Å²) in [6, 6.07) is 8.26. The first kappa shape index (κ1) is 18.9. The number of aryl methyl sites for hydroxylation is 1. The van der Waals surface area contributed by atoms with E-state index in [-0.39, 0.29) is 17.7 Å². The Bertz CT molecular complexity index is 610. The molecule has 0 atom stereocenters. The Morgan fingerprint density at radius 3 is 2.15 bits per heavy atom. The molecule has 1 aliphatic carbocycles. The summed E-state index contributed by atoms with van der Waals surface area (Å²) in [5.74, 6) is 1.40. The standard InChI is InChI=1S/C22H32N2O2/c1-16-3-5-18(6-4-16)15-23-21(25)19-7-9-20(10-8-19)22(26)24-13-11-17(2)12-14-24/h3-6,17,19-20H,7-15H2,1-2H3,(H,23,25). The first-order valence-electron chi connectivity index (χ1n) is 10.1. The van der Waals surface area contributed by atoms with Crippen molar-refractivity contribution in [3.63, 3.8) is 0 Å². The van der Waals surface area contributed by atoms with Crippen LogP contribution in [-0.2, 0) is 16.1 Å². The van der Waals surface area contributed by atoms with Gasteiger partial charge in [-0.05, 0) is 56.9 Å². The van der Waals surface area contributed by atoms with Crippen molar-refractivity contribution in [3.8, 4) is 0 Å². The van der Waals surface area contributed by atoms with E-state index in [0.717, 1.165) is 63.1 Å². The molecular formula is C22H32N2O2. The summed E-state index contributed by atoms with van der Waals surface area (Å²) in [7, 11) is 0. The SMILES string of the molecule is Cc1ccc(CNC(=O)C2CCC(C(=O)N3CCC(C)CC3)CC2)cc1. The number of nitrogens with one attached hydrogen (secondary N) is 1. The number of carbonyl (C=O) groups is 2. The normalized spacial score (nSPS) is 24.3. The lowest BCUT2D eigenvalue weighted by Crippen LogP contribution is -2.43. The Morgan fingerprint density at radius 2 is 1.54 bits per heavy atom. The maximum atomic E-state index is 12.7. The van der Waals surface area contributed by atoms with E-state index >= 15 is 0 Å². The van der Waals surface area contributed by atoms with Gasteiger partial charge in [0, 0.05) is 31.5 Å². The smallest absolute Gasteiger partial charge is 0.225 e. The summed E-state index contributed by atoms with van der Waals surface area (Å²) < 4.78 is 0. The summed E-state index contributed by atoms with van der Waals surface area (Å²) in [6.45, 7) is 6.74. The molecule has 26 heavy (non-hydrogen) atoms. The largest absolute Gasteiger partial charge is 0.352 e. The van der Waals surface area contributed by atoms with Crippen molar-refractivity contribution < 1.29 is 9.59 Å². The van der Waals surface area contributed by atoms with E-state index in [0.29, 0.717) is 12.5 Å². The molecule has 3 rings (SSSR count). The predicted molar refractivity (Wildman–Crippen MR) is 103 cm³/mol. The zero-order valence-electron chi connectivity index (χ0n) is 16.2. The Kier molecular flexibility index (Phi) is 6.33. The van der Waals surface area contributed by atoms with Crippen LogP contribution in [0.15, 0.2) is 24.3 Å². The Labute approximate surface area is 157 Å². The van der Waals surface area contributed by atoms with Crippen molar-refractivity contribution in [1.82, 2.24) is 10.2 Å². The topological polar surface area (TPSA) is 49.4 Å². The number of benzene rings is 1. The van der Waals surface area contributed by atoms with Gasteiger partial charge in [0.1, 0.15) is 0 Å². The zero-order valence-corrected chi connectivity index (χ0v) is 16.2. The van der Waals surface area contributed by atoms with E-state index < -0.39 is 0 Å². The molecular weight excluding hydrogens is 324 g/mol. The lowest BCUT2D eigenvalue weighted by molar-refractivity contribution is -0.139. The molecule has 0 radical (unpaired) electrons. The van der Waals surface area contributed by atoms with Crippen molar-refractivity contribution in [2.24, 2.45) is 17.8 Å². The first-order valence-corrected chi connectivity index (χ1v) is 10.1. The minimum atomic E-state index is 0.0610. The van der Waals surface area contributed by atoms with E-state index in [1.807, 2.05) is 0 Å². The van der Waals surface area contributed by atoms with E-state index in [4.69, 9.17) is 0 Å². The Hall–Kier alpha value is -1.84. The number of piperidine rings is 1. The third-order valence-corrected chi connectivity index (χ3v) is 6.13. The highest BCUT2D eigenvalue weighted by atomic mass is 16.2. The fraction of sp³-hybridized carbons (Fsp3) is 0.636. The average Bonchev–Trinajstić information content (AvgIpc) is 2.67. The lowest BCUT2D eigenvalue weighted by Gasteiger charge is -2.35. The van der Waals surface area contributed by atoms with Gasteiger partial charge in [0.15, 0.2) is 0 Å². The van der Waals surface area contributed by atoms with Crippen LogP contribution in [0, 0.1) is 24.7 Å². The van der Waals surface area contributed by atoms with Gasteiger partial charge in [-0.2, -0.15) is 0 Å². The zero-order chi connectivity index (χ0) is 18.5. The molecule has 4 heteroatoms. The fourth-order valence-electron chi connectivity index (χ4n) is 4.13. The number of hydrogen-bond donors (Lipinski definition) is 1. The van der Waals surface area contributed by atoms with E-state index in [1.54, 1.807) is 0 Å². The second-order valence-corrected chi connectivity index (χ2v) is 8.26. The highest BCUT2D eigenvalue weighted by molar-refractivity contribution is 5.81. The minimum Gasteiger partial charge on any atom is -0.352 e. The van der Waals surface area contributed by atoms with Crippen LogP contribution in [0.3, 0.4) is 0 Å². The maximum absolute atomic E-state index is 12.7. The third-order valence-electron chi connectivity index (χ3n) is 6.13. The molecule has 1 aromatic carbocycles. The molecule has 1 saturated carbocycles. The molecule has 0 aromatic heterocycles. The Balaban J connectivity index is 1.42. The van der Waals surface area contributed by atoms with Crippen LogP contribution in [-0.4, -0.2) is 29.8 Å². The summed E-state index contributed by atoms with van der Waals surface area (Å²) in [5, 5.41) is 3.07. The van der Waals surface area contributed by atoms with Crippen LogP contribution in [0.5, 0.6) is 0 Å². The quantitative estimate of drug-likeness (QED) is 0.895. The molecule has 2 aliphatic rings. The van der Waals surface area contributed by atoms with Crippen molar-refractivity contribution in [2.45, 2.75) is 58.9 Å². The summed E-state index contributed by atoms with van der Waals surface area (Å²) >= 11 is 0. The predicted octanol–water partition coefficient (Wildman–Crippen LogP) is 3.68. The van der Waals surface area contributed by atoms with Gasteiger partial charge in [0.25, 0.3) is 0 Å². The third kappa shape index (κ3) is 4.87. The van der Waals surface area contributed by atoms with Gasteiger partial charge in [-0.15, -0.1) is 0 Å². The van der Waals surface area contributed by atoms with Crippen molar-refractivity contribution in [2.75, 3.05) is 13.1 Å². The van der Waals surface area contributed by atoms with Crippen LogP contribution in [0.1, 0.15) is 56.6 Å². The number of likely N-dealkylation sites (tertiary alicyclic amines) is 1. The van der Waals surface area contributed by atoms with Crippen LogP contribution in [0.25, 0.3) is 0 Å². The second-order valence-electron chi connectivity index (χ2n) is 8.26. The molecule has 1 saturated heterocycles. The molecule has 1 aromatic rings. The summed E-state index contributed by atoms with van der Waals surface area (Å²) in [5.41, 5.74) is 2.36. The van der Waals surface area contributed by atoms with Crippen LogP contribution in [0.4, 0.5) is 0 Å².